The minimum atomic E-state index is -0.784. The molecule has 392 valence electrons. The highest BCUT2D eigenvalue weighted by molar-refractivity contribution is 5.71. The van der Waals surface area contributed by atoms with Crippen LogP contribution in [0.1, 0.15) is 284 Å². The standard InChI is InChI=1S/C62H108O6/c1-4-7-10-13-16-19-22-25-27-29-30-31-32-34-35-37-40-43-46-49-52-55-61(64)67-58-59(57-66-60(63)54-51-48-45-42-39-24-21-18-15-12-9-6-3)68-62(65)56-53-50-47-44-41-38-36-33-28-26-23-20-17-14-11-8-5-2/h7,10,16,19,25-28,30-31,34-35,59H,4-6,8-9,11-15,17-18,20-24,29,32-33,36-58H2,1-3H3/b10-7-,19-16-,27-25-,28-26-,31-30-,35-34-. The van der Waals surface area contributed by atoms with Gasteiger partial charge in [-0.3, -0.25) is 14.4 Å². The maximum absolute atomic E-state index is 12.9. The van der Waals surface area contributed by atoms with Crippen LogP contribution in [0.4, 0.5) is 0 Å². The Kier molecular flexibility index (Phi) is 53.8. The molecule has 0 bridgehead atoms. The molecule has 0 aliphatic rings. The van der Waals surface area contributed by atoms with Crippen molar-refractivity contribution in [3.63, 3.8) is 0 Å². The molecule has 0 radical (unpaired) electrons. The zero-order valence-electron chi connectivity index (χ0n) is 44.9. The van der Waals surface area contributed by atoms with E-state index in [1.165, 1.54) is 135 Å². The van der Waals surface area contributed by atoms with Gasteiger partial charge in [-0.1, -0.05) is 248 Å². The highest BCUT2D eigenvalue weighted by Crippen LogP contribution is 2.15. The summed E-state index contributed by atoms with van der Waals surface area (Å²) < 4.78 is 16.9. The molecular weight excluding hydrogens is 841 g/mol. The maximum atomic E-state index is 12.9. The van der Waals surface area contributed by atoms with Crippen LogP contribution in [0.15, 0.2) is 72.9 Å². The van der Waals surface area contributed by atoms with Crippen LogP contribution in [0.2, 0.25) is 0 Å². The van der Waals surface area contributed by atoms with Gasteiger partial charge in [0.15, 0.2) is 6.10 Å². The molecule has 6 heteroatoms. The lowest BCUT2D eigenvalue weighted by Gasteiger charge is -2.18. The van der Waals surface area contributed by atoms with Crippen molar-refractivity contribution < 1.29 is 28.6 Å². The van der Waals surface area contributed by atoms with Crippen LogP contribution in [0.3, 0.4) is 0 Å². The number of carbonyl (C=O) groups excluding carboxylic acids is 3. The van der Waals surface area contributed by atoms with Gasteiger partial charge in [-0.05, 0) is 89.9 Å². The second kappa shape index (κ2) is 56.4. The van der Waals surface area contributed by atoms with E-state index in [9.17, 15) is 14.4 Å². The van der Waals surface area contributed by atoms with Crippen molar-refractivity contribution in [3.8, 4) is 0 Å². The highest BCUT2D eigenvalue weighted by Gasteiger charge is 2.19. The van der Waals surface area contributed by atoms with Gasteiger partial charge >= 0.3 is 17.9 Å². The van der Waals surface area contributed by atoms with E-state index in [1.54, 1.807) is 0 Å². The highest BCUT2D eigenvalue weighted by atomic mass is 16.6. The summed E-state index contributed by atoms with van der Waals surface area (Å²) >= 11 is 0. The van der Waals surface area contributed by atoms with Gasteiger partial charge in [0.2, 0.25) is 0 Å². The smallest absolute Gasteiger partial charge is 0.306 e. The Morgan fingerprint density at radius 1 is 0.309 bits per heavy atom. The van der Waals surface area contributed by atoms with Gasteiger partial charge in [0.25, 0.3) is 0 Å². The van der Waals surface area contributed by atoms with E-state index in [2.05, 4.69) is 93.7 Å². The number of unbranched alkanes of at least 4 members (excludes halogenated alkanes) is 29. The molecule has 0 aliphatic carbocycles. The van der Waals surface area contributed by atoms with E-state index in [-0.39, 0.29) is 31.1 Å². The fraction of sp³-hybridized carbons (Fsp3) is 0.758. The fourth-order valence-electron chi connectivity index (χ4n) is 8.11. The van der Waals surface area contributed by atoms with Gasteiger partial charge in [0.1, 0.15) is 13.2 Å². The Morgan fingerprint density at radius 2 is 0.574 bits per heavy atom. The predicted octanol–water partition coefficient (Wildman–Crippen LogP) is 19.4. The van der Waals surface area contributed by atoms with Gasteiger partial charge in [-0.15, -0.1) is 0 Å². The summed E-state index contributed by atoms with van der Waals surface area (Å²) in [5.74, 6) is -0.896. The third kappa shape index (κ3) is 53.8. The molecule has 0 amide bonds. The van der Waals surface area contributed by atoms with E-state index in [0.29, 0.717) is 19.3 Å². The number of hydrogen-bond acceptors (Lipinski definition) is 6. The molecule has 68 heavy (non-hydrogen) atoms. The van der Waals surface area contributed by atoms with Crippen molar-refractivity contribution >= 4 is 17.9 Å². The summed E-state index contributed by atoms with van der Waals surface area (Å²) in [6.45, 7) is 6.52. The second-order valence-electron chi connectivity index (χ2n) is 19.2. The first-order chi connectivity index (χ1) is 33.5. The van der Waals surface area contributed by atoms with E-state index < -0.39 is 6.10 Å². The van der Waals surface area contributed by atoms with Gasteiger partial charge in [-0.2, -0.15) is 0 Å². The lowest BCUT2D eigenvalue weighted by atomic mass is 10.0. The Labute approximate surface area is 421 Å². The van der Waals surface area contributed by atoms with Gasteiger partial charge < -0.3 is 14.2 Å². The molecule has 0 rings (SSSR count). The third-order valence-corrected chi connectivity index (χ3v) is 12.4. The average Bonchev–Trinajstić information content (AvgIpc) is 3.34. The normalized spacial score (nSPS) is 12.6. The van der Waals surface area contributed by atoms with Gasteiger partial charge in [0, 0.05) is 19.3 Å². The van der Waals surface area contributed by atoms with E-state index in [0.717, 1.165) is 109 Å². The van der Waals surface area contributed by atoms with E-state index in [1.807, 2.05) is 0 Å². The zero-order chi connectivity index (χ0) is 49.3. The summed E-state index contributed by atoms with van der Waals surface area (Å²) in [6.07, 6.45) is 71.7. The molecule has 1 unspecified atom stereocenters. The lowest BCUT2D eigenvalue weighted by Crippen LogP contribution is -2.30. The summed E-state index contributed by atoms with van der Waals surface area (Å²) in [5, 5.41) is 0. The molecule has 0 saturated heterocycles. The topological polar surface area (TPSA) is 78.9 Å². The molecule has 0 fully saturated rings. The summed E-state index contributed by atoms with van der Waals surface area (Å²) in [6, 6.07) is 0. The molecule has 0 aromatic heterocycles. The number of hydrogen-bond donors (Lipinski definition) is 0. The molecule has 0 spiro atoms. The van der Waals surface area contributed by atoms with Crippen molar-refractivity contribution in [1.29, 1.82) is 0 Å². The predicted molar refractivity (Wildman–Crippen MR) is 293 cm³/mol. The minimum absolute atomic E-state index is 0.0811. The Bertz CT molecular complexity index is 1270. The molecule has 0 N–H and O–H groups in total. The molecule has 0 aliphatic heterocycles. The van der Waals surface area contributed by atoms with E-state index >= 15 is 0 Å². The molecule has 6 nitrogen and oxygen atoms in total. The lowest BCUT2D eigenvalue weighted by molar-refractivity contribution is -0.167. The van der Waals surface area contributed by atoms with Crippen molar-refractivity contribution in [2.75, 3.05) is 13.2 Å². The van der Waals surface area contributed by atoms with E-state index in [4.69, 9.17) is 14.2 Å². The Hall–Kier alpha value is -3.15. The minimum Gasteiger partial charge on any atom is -0.462 e. The van der Waals surface area contributed by atoms with Crippen LogP contribution in [-0.4, -0.2) is 37.2 Å². The maximum Gasteiger partial charge on any atom is 0.306 e. The summed E-state index contributed by atoms with van der Waals surface area (Å²) in [5.41, 5.74) is 0. The molecule has 0 saturated carbocycles. The molecular formula is C62H108O6. The van der Waals surface area contributed by atoms with Crippen LogP contribution in [-0.2, 0) is 28.6 Å². The number of carbonyl (C=O) groups is 3. The first kappa shape index (κ1) is 64.8. The van der Waals surface area contributed by atoms with Crippen LogP contribution >= 0.6 is 0 Å². The first-order valence-electron chi connectivity index (χ1n) is 28.9. The fourth-order valence-corrected chi connectivity index (χ4v) is 8.11. The quantitative estimate of drug-likeness (QED) is 0.0262. The molecule has 0 heterocycles. The van der Waals surface area contributed by atoms with Crippen molar-refractivity contribution in [2.45, 2.75) is 290 Å². The van der Waals surface area contributed by atoms with Crippen LogP contribution in [0, 0.1) is 0 Å². The number of rotatable bonds is 52. The van der Waals surface area contributed by atoms with Crippen LogP contribution < -0.4 is 0 Å². The molecule has 0 aromatic carbocycles. The summed E-state index contributed by atoms with van der Waals surface area (Å²) in [4.78, 5) is 38.1. The van der Waals surface area contributed by atoms with Crippen LogP contribution in [0.5, 0.6) is 0 Å². The average molecular weight is 950 g/mol. The largest absolute Gasteiger partial charge is 0.462 e. The second-order valence-corrected chi connectivity index (χ2v) is 19.2. The Balaban J connectivity index is 4.38. The van der Waals surface area contributed by atoms with Crippen molar-refractivity contribution in [3.05, 3.63) is 72.9 Å². The zero-order valence-corrected chi connectivity index (χ0v) is 44.9. The summed E-state index contributed by atoms with van der Waals surface area (Å²) in [7, 11) is 0. The number of esters is 3. The number of allylic oxidation sites excluding steroid dienone is 12. The van der Waals surface area contributed by atoms with Gasteiger partial charge in [0.05, 0.1) is 0 Å². The van der Waals surface area contributed by atoms with Gasteiger partial charge in [-0.25, -0.2) is 0 Å². The Morgan fingerprint density at radius 3 is 0.912 bits per heavy atom. The SMILES string of the molecule is CC/C=C\C/C=C\C/C=C\C/C=C\C/C=C\CCCCCCCC(=O)OCC(COC(=O)CCCCCCCCCCCCCC)OC(=O)CCCCCCCCC/C=C\CCCCCCCC. The third-order valence-electron chi connectivity index (χ3n) is 12.4. The molecule has 0 aromatic rings. The van der Waals surface area contributed by atoms with Crippen LogP contribution in [0.25, 0.3) is 0 Å². The van der Waals surface area contributed by atoms with Crippen molar-refractivity contribution in [2.24, 2.45) is 0 Å². The monoisotopic (exact) mass is 949 g/mol. The first-order valence-corrected chi connectivity index (χ1v) is 28.9. The van der Waals surface area contributed by atoms with Crippen molar-refractivity contribution in [1.82, 2.24) is 0 Å². The molecule has 1 atom stereocenters. The number of ether oxygens (including phenoxy) is 3.